The summed E-state index contributed by atoms with van der Waals surface area (Å²) in [6.45, 7) is 8.54. The highest BCUT2D eigenvalue weighted by Gasteiger charge is 2.46. The van der Waals surface area contributed by atoms with Crippen LogP contribution in [0.5, 0.6) is 5.88 Å². The fraction of sp³-hybridized carbons (Fsp3) is 0.571. The van der Waals surface area contributed by atoms with Crippen molar-refractivity contribution in [2.75, 3.05) is 6.54 Å². The molecule has 190 valence electrons. The molecule has 1 aliphatic heterocycles. The summed E-state index contributed by atoms with van der Waals surface area (Å²) in [6, 6.07) is 9.85. The van der Waals surface area contributed by atoms with Gasteiger partial charge in [0.25, 0.3) is 0 Å². The number of aliphatic hydroxyl groups is 1. The zero-order chi connectivity index (χ0) is 25.2. The maximum atomic E-state index is 11.9. The molecule has 3 N–H and O–H groups in total. The summed E-state index contributed by atoms with van der Waals surface area (Å²) >= 11 is 3.46. The number of carbonyl (C=O) groups excluding carboxylic acids is 1. The third-order valence-electron chi connectivity index (χ3n) is 6.99. The largest absolute Gasteiger partial charge is 0.471 e. The molecule has 2 aliphatic rings. The molecule has 1 aliphatic carbocycles. The molecule has 0 bridgehead atoms. The van der Waals surface area contributed by atoms with Gasteiger partial charge >= 0.3 is 0 Å². The Morgan fingerprint density at radius 3 is 2.57 bits per heavy atom. The van der Waals surface area contributed by atoms with Gasteiger partial charge in [-0.1, -0.05) is 48.8 Å². The van der Waals surface area contributed by atoms with Crippen molar-refractivity contribution in [1.29, 1.82) is 0 Å². The zero-order valence-electron chi connectivity index (χ0n) is 21.2. The lowest BCUT2D eigenvalue weighted by atomic mass is 9.73. The van der Waals surface area contributed by atoms with E-state index in [-0.39, 0.29) is 29.0 Å². The van der Waals surface area contributed by atoms with Gasteiger partial charge in [-0.15, -0.1) is 0 Å². The normalized spacial score (nSPS) is 20.3. The van der Waals surface area contributed by atoms with Crippen LogP contribution >= 0.6 is 15.9 Å². The highest BCUT2D eigenvalue weighted by molar-refractivity contribution is 9.10. The van der Waals surface area contributed by atoms with E-state index in [1.807, 2.05) is 30.5 Å². The molecule has 1 spiro atoms. The number of pyridine rings is 1. The Balaban J connectivity index is 1.49. The van der Waals surface area contributed by atoms with Gasteiger partial charge in [0.1, 0.15) is 5.60 Å². The van der Waals surface area contributed by atoms with Crippen molar-refractivity contribution < 1.29 is 14.6 Å². The number of carbonyl (C=O) groups is 1. The quantitative estimate of drug-likeness (QED) is 0.442. The molecular weight excluding hydrogens is 506 g/mol. The first-order valence-electron chi connectivity index (χ1n) is 12.6. The first-order chi connectivity index (χ1) is 16.5. The third kappa shape index (κ3) is 6.83. The number of nitrogens with one attached hydrogen (secondary N) is 2. The fourth-order valence-corrected chi connectivity index (χ4v) is 5.44. The number of aromatic nitrogens is 1. The second-order valence-electron chi connectivity index (χ2n) is 11.5. The highest BCUT2D eigenvalue weighted by Crippen LogP contribution is 2.48. The number of benzene rings is 1. The number of rotatable bonds is 8. The van der Waals surface area contributed by atoms with Gasteiger partial charge < -0.3 is 20.5 Å². The molecule has 4 rings (SSSR count). The van der Waals surface area contributed by atoms with E-state index >= 15 is 0 Å². The van der Waals surface area contributed by atoms with Gasteiger partial charge in [0, 0.05) is 42.2 Å². The number of amides is 1. The Labute approximate surface area is 217 Å². The summed E-state index contributed by atoms with van der Waals surface area (Å²) in [7, 11) is 0. The van der Waals surface area contributed by atoms with Crippen LogP contribution < -0.4 is 15.4 Å². The lowest BCUT2D eigenvalue weighted by Crippen LogP contribution is -2.52. The van der Waals surface area contributed by atoms with E-state index in [1.165, 1.54) is 18.9 Å². The van der Waals surface area contributed by atoms with Crippen LogP contribution in [-0.2, 0) is 17.6 Å². The van der Waals surface area contributed by atoms with Crippen molar-refractivity contribution in [1.82, 2.24) is 15.6 Å². The number of hydrogen-bond acceptors (Lipinski definition) is 5. The second-order valence-corrected chi connectivity index (χ2v) is 12.4. The molecule has 0 unspecified atom stereocenters. The monoisotopic (exact) mass is 543 g/mol. The smallest absolute Gasteiger partial charge is 0.218 e. The number of ether oxygens (including phenoxy) is 1. The first kappa shape index (κ1) is 26.1. The number of fused-ring (bicyclic) bond motifs is 1. The first-order valence-corrected chi connectivity index (χ1v) is 13.4. The Hall–Kier alpha value is -1.96. The summed E-state index contributed by atoms with van der Waals surface area (Å²) in [6.07, 6.45) is 6.81. The Morgan fingerprint density at radius 2 is 1.97 bits per heavy atom. The molecule has 0 radical (unpaired) electrons. The van der Waals surface area contributed by atoms with Crippen LogP contribution in [0.25, 0.3) is 0 Å². The number of aliphatic hydroxyl groups excluding tert-OH is 1. The summed E-state index contributed by atoms with van der Waals surface area (Å²) in [4.78, 5) is 16.6. The van der Waals surface area contributed by atoms with Gasteiger partial charge in [0.2, 0.25) is 11.8 Å². The van der Waals surface area contributed by atoms with Crippen molar-refractivity contribution in [3.05, 3.63) is 57.7 Å². The molecule has 6 nitrogen and oxygen atoms in total. The molecule has 0 saturated heterocycles. The van der Waals surface area contributed by atoms with Crippen LogP contribution in [0.1, 0.15) is 76.1 Å². The predicted octanol–water partition coefficient (Wildman–Crippen LogP) is 4.88. The summed E-state index contributed by atoms with van der Waals surface area (Å²) in [5.41, 5.74) is 3.34. The summed E-state index contributed by atoms with van der Waals surface area (Å²) < 4.78 is 7.39. The zero-order valence-corrected chi connectivity index (χ0v) is 22.8. The topological polar surface area (TPSA) is 83.5 Å². The van der Waals surface area contributed by atoms with Crippen molar-refractivity contribution >= 4 is 21.8 Å². The molecule has 1 fully saturated rings. The van der Waals surface area contributed by atoms with Gasteiger partial charge in [0.05, 0.1) is 12.1 Å². The highest BCUT2D eigenvalue weighted by atomic mass is 79.9. The van der Waals surface area contributed by atoms with Crippen LogP contribution in [0.15, 0.2) is 41.0 Å². The van der Waals surface area contributed by atoms with E-state index in [9.17, 15) is 9.90 Å². The Kier molecular flexibility index (Phi) is 7.89. The second kappa shape index (κ2) is 10.6. The molecule has 1 aromatic carbocycles. The molecule has 35 heavy (non-hydrogen) atoms. The minimum atomic E-state index is -0.739. The van der Waals surface area contributed by atoms with Crippen LogP contribution in [0.2, 0.25) is 0 Å². The average molecular weight is 545 g/mol. The van der Waals surface area contributed by atoms with Crippen LogP contribution in [0.3, 0.4) is 0 Å². The lowest BCUT2D eigenvalue weighted by molar-refractivity contribution is -0.120. The van der Waals surface area contributed by atoms with Gasteiger partial charge in [0.15, 0.2) is 0 Å². The Bertz CT molecular complexity index is 1030. The molecule has 1 saturated carbocycles. The Morgan fingerprint density at radius 1 is 1.26 bits per heavy atom. The van der Waals surface area contributed by atoms with Gasteiger partial charge in [-0.2, -0.15) is 0 Å². The SMILES string of the molecule is CC(=O)N[C@@H](Cc1ccc(Br)cc1)[C@H](O)CN[C@H]1CC2(CCC2)Oc2ncc(CC(C)(C)C)cc21. The predicted molar refractivity (Wildman–Crippen MR) is 141 cm³/mol. The molecule has 1 aromatic heterocycles. The van der Waals surface area contributed by atoms with Crippen molar-refractivity contribution in [3.8, 4) is 5.88 Å². The van der Waals surface area contributed by atoms with Gasteiger partial charge in [-0.3, -0.25) is 4.79 Å². The maximum absolute atomic E-state index is 11.9. The van der Waals surface area contributed by atoms with Crippen LogP contribution in [0.4, 0.5) is 0 Å². The average Bonchev–Trinajstić information content (AvgIpc) is 2.75. The van der Waals surface area contributed by atoms with E-state index in [4.69, 9.17) is 9.72 Å². The fourth-order valence-electron chi connectivity index (χ4n) is 5.17. The number of hydrogen-bond donors (Lipinski definition) is 3. The number of nitrogens with zero attached hydrogens (tertiary/aromatic N) is 1. The van der Waals surface area contributed by atoms with E-state index in [0.717, 1.165) is 41.3 Å². The molecule has 2 heterocycles. The van der Waals surface area contributed by atoms with Crippen LogP contribution in [0, 0.1) is 5.41 Å². The van der Waals surface area contributed by atoms with E-state index in [2.05, 4.69) is 53.4 Å². The van der Waals surface area contributed by atoms with Crippen LogP contribution in [-0.4, -0.2) is 40.3 Å². The maximum Gasteiger partial charge on any atom is 0.218 e. The molecule has 3 atom stereocenters. The van der Waals surface area contributed by atoms with Crippen molar-refractivity contribution in [2.24, 2.45) is 5.41 Å². The molecule has 2 aromatic rings. The van der Waals surface area contributed by atoms with E-state index in [1.54, 1.807) is 0 Å². The molecule has 7 heteroatoms. The minimum absolute atomic E-state index is 0.0479. The van der Waals surface area contributed by atoms with Gasteiger partial charge in [-0.25, -0.2) is 4.98 Å². The van der Waals surface area contributed by atoms with Crippen molar-refractivity contribution in [3.63, 3.8) is 0 Å². The summed E-state index contributed by atoms with van der Waals surface area (Å²) in [5, 5.41) is 17.7. The summed E-state index contributed by atoms with van der Waals surface area (Å²) in [5.74, 6) is 0.570. The standard InChI is InChI=1S/C28H38BrN3O3/c1-18(33)32-23(13-19-6-8-21(29)9-7-19)25(34)17-30-24-15-28(10-5-11-28)35-26-22(24)12-20(16-31-26)14-27(2,3)4/h6-9,12,16,23-25,30,34H,5,10-11,13-15,17H2,1-4H3,(H,32,33)/t23-,24-,25+/m0/s1. The van der Waals surface area contributed by atoms with Gasteiger partial charge in [-0.05, 0) is 66.8 Å². The molecular formula is C28H38BrN3O3. The van der Waals surface area contributed by atoms with Crippen molar-refractivity contribution in [2.45, 2.75) is 90.0 Å². The van der Waals surface area contributed by atoms with E-state index in [0.29, 0.717) is 18.8 Å². The molecule has 1 amide bonds. The minimum Gasteiger partial charge on any atom is -0.471 e. The third-order valence-corrected chi connectivity index (χ3v) is 7.52. The van der Waals surface area contributed by atoms with E-state index < -0.39 is 6.10 Å². The lowest BCUT2D eigenvalue weighted by Gasteiger charge is -2.47. The number of halogens is 1.